The molecule has 0 bridgehead atoms. The van der Waals surface area contributed by atoms with E-state index < -0.39 is 0 Å². The maximum atomic E-state index is 9.00. The molecular weight excluding hydrogens is 436 g/mol. The standard InChI is InChI=1S/C28H32N6O/c1-20(17-29)18-34-15-13-22(14-16-34)19-33(3)28-26(27(30)31-21(2)32-28)23-9-11-25(12-10-23)35-24-7-5-4-6-8-24/h4-12,22H,1,13-16,18-19H2,2-3H3,(H2,30,31,32). The Morgan fingerprint density at radius 2 is 1.77 bits per heavy atom. The Morgan fingerprint density at radius 3 is 2.43 bits per heavy atom. The Hall–Kier alpha value is -3.89. The van der Waals surface area contributed by atoms with Gasteiger partial charge >= 0.3 is 0 Å². The van der Waals surface area contributed by atoms with Crippen molar-refractivity contribution in [1.82, 2.24) is 14.9 Å². The van der Waals surface area contributed by atoms with E-state index in [0.29, 0.717) is 29.7 Å². The Morgan fingerprint density at radius 1 is 1.11 bits per heavy atom. The van der Waals surface area contributed by atoms with Gasteiger partial charge in [-0.25, -0.2) is 9.97 Å². The van der Waals surface area contributed by atoms with Gasteiger partial charge in [0.15, 0.2) is 0 Å². The first-order chi connectivity index (χ1) is 16.9. The van der Waals surface area contributed by atoms with Crippen molar-refractivity contribution in [2.75, 3.05) is 43.9 Å². The topological polar surface area (TPSA) is 91.3 Å². The molecule has 1 aliphatic rings. The summed E-state index contributed by atoms with van der Waals surface area (Å²) >= 11 is 0. The molecule has 7 nitrogen and oxygen atoms in total. The second-order valence-corrected chi connectivity index (χ2v) is 9.11. The summed E-state index contributed by atoms with van der Waals surface area (Å²) < 4.78 is 5.94. The predicted octanol–water partition coefficient (Wildman–Crippen LogP) is 5.05. The summed E-state index contributed by atoms with van der Waals surface area (Å²) in [4.78, 5) is 13.7. The van der Waals surface area contributed by atoms with Crippen molar-refractivity contribution in [1.29, 1.82) is 5.26 Å². The first-order valence-corrected chi connectivity index (χ1v) is 11.9. The van der Waals surface area contributed by atoms with Gasteiger partial charge in [0.1, 0.15) is 29.0 Å². The Labute approximate surface area is 207 Å². The summed E-state index contributed by atoms with van der Waals surface area (Å²) in [5.41, 5.74) is 8.83. The van der Waals surface area contributed by atoms with Gasteiger partial charge in [-0.3, -0.25) is 4.90 Å². The first-order valence-electron chi connectivity index (χ1n) is 11.9. The van der Waals surface area contributed by atoms with Gasteiger partial charge in [0.05, 0.1) is 11.6 Å². The van der Waals surface area contributed by atoms with Crippen molar-refractivity contribution < 1.29 is 4.74 Å². The minimum atomic E-state index is 0.473. The second kappa shape index (κ2) is 11.0. The van der Waals surface area contributed by atoms with Gasteiger partial charge in [-0.15, -0.1) is 0 Å². The van der Waals surface area contributed by atoms with Crippen LogP contribution in [0.5, 0.6) is 11.5 Å². The van der Waals surface area contributed by atoms with E-state index in [1.54, 1.807) is 0 Å². The van der Waals surface area contributed by atoms with Crippen LogP contribution in [0.25, 0.3) is 11.1 Å². The van der Waals surface area contributed by atoms with E-state index in [9.17, 15) is 0 Å². The summed E-state index contributed by atoms with van der Waals surface area (Å²) in [6.07, 6.45) is 2.15. The van der Waals surface area contributed by atoms with Crippen LogP contribution < -0.4 is 15.4 Å². The number of likely N-dealkylation sites (tertiary alicyclic amines) is 1. The lowest BCUT2D eigenvalue weighted by molar-refractivity contribution is 0.201. The number of nitrogen functional groups attached to an aromatic ring is 1. The van der Waals surface area contributed by atoms with Crippen molar-refractivity contribution in [3.8, 4) is 28.7 Å². The number of nitrogens with zero attached hydrogens (tertiary/aromatic N) is 5. The lowest BCUT2D eigenvalue weighted by atomic mass is 9.95. The van der Waals surface area contributed by atoms with Crippen LogP contribution in [-0.2, 0) is 0 Å². The van der Waals surface area contributed by atoms with Gasteiger partial charge in [0.25, 0.3) is 0 Å². The zero-order valence-electron chi connectivity index (χ0n) is 20.4. The highest BCUT2D eigenvalue weighted by Crippen LogP contribution is 2.35. The van der Waals surface area contributed by atoms with Crippen molar-refractivity contribution in [2.45, 2.75) is 19.8 Å². The molecule has 1 fully saturated rings. The van der Waals surface area contributed by atoms with Gasteiger partial charge < -0.3 is 15.4 Å². The highest BCUT2D eigenvalue weighted by Gasteiger charge is 2.23. The molecule has 0 amide bonds. The zero-order chi connectivity index (χ0) is 24.8. The highest BCUT2D eigenvalue weighted by atomic mass is 16.5. The molecule has 0 spiro atoms. The van der Waals surface area contributed by atoms with E-state index in [2.05, 4.69) is 34.5 Å². The number of para-hydroxylation sites is 1. The number of anilines is 2. The molecule has 0 radical (unpaired) electrons. The van der Waals surface area contributed by atoms with E-state index >= 15 is 0 Å². The zero-order valence-corrected chi connectivity index (χ0v) is 20.4. The molecule has 3 aromatic rings. The van der Waals surface area contributed by atoms with Gasteiger partial charge in [0, 0.05) is 25.7 Å². The number of aromatic nitrogens is 2. The molecule has 0 saturated carbocycles. The molecule has 0 aliphatic carbocycles. The molecule has 2 heterocycles. The lowest BCUT2D eigenvalue weighted by Gasteiger charge is -2.34. The van der Waals surface area contributed by atoms with E-state index in [-0.39, 0.29) is 0 Å². The number of nitriles is 1. The highest BCUT2D eigenvalue weighted by molar-refractivity contribution is 5.84. The smallest absolute Gasteiger partial charge is 0.142 e. The van der Waals surface area contributed by atoms with E-state index in [4.69, 9.17) is 20.7 Å². The van der Waals surface area contributed by atoms with Crippen molar-refractivity contribution >= 4 is 11.6 Å². The van der Waals surface area contributed by atoms with Gasteiger partial charge in [-0.05, 0) is 68.6 Å². The average molecular weight is 469 g/mol. The summed E-state index contributed by atoms with van der Waals surface area (Å²) in [6.45, 7) is 9.17. The minimum Gasteiger partial charge on any atom is -0.457 e. The monoisotopic (exact) mass is 468 g/mol. The second-order valence-electron chi connectivity index (χ2n) is 9.11. The number of ether oxygens (including phenoxy) is 1. The molecule has 35 heavy (non-hydrogen) atoms. The Kier molecular flexibility index (Phi) is 7.64. The maximum Gasteiger partial charge on any atom is 0.142 e. The normalized spacial score (nSPS) is 14.3. The van der Waals surface area contributed by atoms with Crippen LogP contribution in [-0.4, -0.2) is 48.1 Å². The number of hydrogen-bond acceptors (Lipinski definition) is 7. The fourth-order valence-electron chi connectivity index (χ4n) is 4.55. The molecule has 180 valence electrons. The molecule has 1 saturated heterocycles. The third-order valence-electron chi connectivity index (χ3n) is 6.32. The van der Waals surface area contributed by atoms with Crippen LogP contribution in [0, 0.1) is 24.2 Å². The van der Waals surface area contributed by atoms with Crippen LogP contribution in [0.2, 0.25) is 0 Å². The van der Waals surface area contributed by atoms with E-state index in [1.807, 2.05) is 61.5 Å². The number of piperidine rings is 1. The lowest BCUT2D eigenvalue weighted by Crippen LogP contribution is -2.38. The Balaban J connectivity index is 1.48. The third kappa shape index (κ3) is 6.17. The van der Waals surface area contributed by atoms with Gasteiger partial charge in [-0.1, -0.05) is 36.9 Å². The van der Waals surface area contributed by atoms with Gasteiger partial charge in [-0.2, -0.15) is 5.26 Å². The van der Waals surface area contributed by atoms with Crippen LogP contribution in [0.4, 0.5) is 11.6 Å². The summed E-state index contributed by atoms with van der Waals surface area (Å²) in [6, 6.07) is 19.7. The van der Waals surface area contributed by atoms with Crippen LogP contribution >= 0.6 is 0 Å². The largest absolute Gasteiger partial charge is 0.457 e. The predicted molar refractivity (Wildman–Crippen MR) is 140 cm³/mol. The number of nitrogens with two attached hydrogens (primary N) is 1. The fraction of sp³-hybridized carbons (Fsp3) is 0.321. The van der Waals surface area contributed by atoms with Crippen molar-refractivity contribution in [2.24, 2.45) is 5.92 Å². The third-order valence-corrected chi connectivity index (χ3v) is 6.32. The number of rotatable bonds is 8. The first kappa shape index (κ1) is 24.2. The SMILES string of the molecule is C=C(C#N)CN1CCC(CN(C)c2nc(C)nc(N)c2-c2ccc(Oc3ccccc3)cc2)CC1. The van der Waals surface area contributed by atoms with E-state index in [1.165, 1.54) is 0 Å². The van der Waals surface area contributed by atoms with Crippen LogP contribution in [0.15, 0.2) is 66.7 Å². The Bertz CT molecular complexity index is 1190. The molecule has 7 heteroatoms. The molecule has 4 rings (SSSR count). The molecule has 0 unspecified atom stereocenters. The van der Waals surface area contributed by atoms with Crippen molar-refractivity contribution in [3.63, 3.8) is 0 Å². The van der Waals surface area contributed by atoms with Crippen molar-refractivity contribution in [3.05, 3.63) is 72.6 Å². The quantitative estimate of drug-likeness (QED) is 0.462. The van der Waals surface area contributed by atoms with E-state index in [0.717, 1.165) is 60.9 Å². The molecule has 1 aromatic heterocycles. The number of benzene rings is 2. The number of aryl methyl sites for hydroxylation is 1. The average Bonchev–Trinajstić information content (AvgIpc) is 2.86. The summed E-state index contributed by atoms with van der Waals surface area (Å²) in [7, 11) is 2.07. The molecule has 1 aliphatic heterocycles. The fourth-order valence-corrected chi connectivity index (χ4v) is 4.55. The molecular formula is C28H32N6O. The van der Waals surface area contributed by atoms with Crippen LogP contribution in [0.1, 0.15) is 18.7 Å². The minimum absolute atomic E-state index is 0.473. The summed E-state index contributed by atoms with van der Waals surface area (Å²) in [5, 5.41) is 9.00. The molecule has 2 N–H and O–H groups in total. The molecule has 2 aromatic carbocycles. The maximum absolute atomic E-state index is 9.00. The van der Waals surface area contributed by atoms with Crippen LogP contribution in [0.3, 0.4) is 0 Å². The van der Waals surface area contributed by atoms with Gasteiger partial charge in [0.2, 0.25) is 0 Å². The number of hydrogen-bond donors (Lipinski definition) is 1. The summed E-state index contributed by atoms with van der Waals surface area (Å²) in [5.74, 6) is 4.06. The molecule has 0 atom stereocenters.